The largest absolute Gasteiger partial charge is 0.387 e. The fraction of sp³-hybridized carbons (Fsp3) is 0.647. The van der Waals surface area contributed by atoms with E-state index in [-0.39, 0.29) is 6.10 Å². The Morgan fingerprint density at radius 3 is 2.38 bits per heavy atom. The molecule has 0 aromatic heterocycles. The van der Waals surface area contributed by atoms with Gasteiger partial charge < -0.3 is 5.11 Å². The van der Waals surface area contributed by atoms with Gasteiger partial charge in [-0.15, -0.1) is 0 Å². The third-order valence-corrected chi connectivity index (χ3v) is 5.78. The van der Waals surface area contributed by atoms with E-state index in [0.29, 0.717) is 0 Å². The Balaban J connectivity index is 1.45. The topological polar surface area (TPSA) is 26.7 Å². The summed E-state index contributed by atoms with van der Waals surface area (Å²) in [5.74, 6) is 2.66. The number of hydrogen-bond donors (Lipinski definition) is 1. The summed E-state index contributed by atoms with van der Waals surface area (Å²) in [6.07, 6.45) is 2.36. The minimum Gasteiger partial charge on any atom is -0.387 e. The molecular weight excluding hydrogens is 280 g/mol. The highest BCUT2D eigenvalue weighted by Crippen LogP contribution is 2.23. The molecule has 0 saturated carbocycles. The van der Waals surface area contributed by atoms with Gasteiger partial charge in [0.15, 0.2) is 0 Å². The first-order valence-corrected chi connectivity index (χ1v) is 9.25. The molecule has 1 aromatic carbocycles. The molecule has 2 aliphatic heterocycles. The summed E-state index contributed by atoms with van der Waals surface area (Å²) in [7, 11) is 0. The van der Waals surface area contributed by atoms with Gasteiger partial charge in [0.2, 0.25) is 0 Å². The predicted octanol–water partition coefficient (Wildman–Crippen LogP) is 2.23. The van der Waals surface area contributed by atoms with E-state index in [1.165, 1.54) is 24.3 Å². The third kappa shape index (κ3) is 4.22. The number of aliphatic hydroxyl groups excluding tert-OH is 1. The number of rotatable bonds is 4. The molecule has 3 rings (SSSR count). The molecule has 0 aliphatic carbocycles. The number of aliphatic hydroxyl groups is 1. The van der Waals surface area contributed by atoms with Crippen molar-refractivity contribution in [2.24, 2.45) is 0 Å². The van der Waals surface area contributed by atoms with Crippen LogP contribution in [0.3, 0.4) is 0 Å². The zero-order valence-electron chi connectivity index (χ0n) is 12.7. The Labute approximate surface area is 132 Å². The molecule has 0 radical (unpaired) electrons. The van der Waals surface area contributed by atoms with Gasteiger partial charge in [-0.3, -0.25) is 9.80 Å². The minimum atomic E-state index is -0.358. The number of benzene rings is 1. The molecule has 1 unspecified atom stereocenters. The molecule has 4 heteroatoms. The average Bonchev–Trinajstić information content (AvgIpc) is 2.57. The first-order valence-electron chi connectivity index (χ1n) is 8.10. The van der Waals surface area contributed by atoms with Gasteiger partial charge in [0.1, 0.15) is 0 Å². The van der Waals surface area contributed by atoms with Gasteiger partial charge in [-0.2, -0.15) is 11.8 Å². The van der Waals surface area contributed by atoms with Gasteiger partial charge in [0.25, 0.3) is 0 Å². The van der Waals surface area contributed by atoms with Crippen molar-refractivity contribution in [1.82, 2.24) is 9.80 Å². The van der Waals surface area contributed by atoms with Crippen molar-refractivity contribution in [3.05, 3.63) is 35.9 Å². The number of nitrogens with zero attached hydrogens (tertiary/aromatic N) is 2. The Morgan fingerprint density at radius 1 is 1.05 bits per heavy atom. The van der Waals surface area contributed by atoms with E-state index in [1.54, 1.807) is 0 Å². The average molecular weight is 306 g/mol. The number of thioether (sulfide) groups is 1. The molecule has 0 bridgehead atoms. The lowest BCUT2D eigenvalue weighted by Crippen LogP contribution is -2.51. The summed E-state index contributed by atoms with van der Waals surface area (Å²) in [5.41, 5.74) is 1.03. The second-order valence-corrected chi connectivity index (χ2v) is 7.33. The van der Waals surface area contributed by atoms with Crippen LogP contribution >= 0.6 is 11.8 Å². The normalized spacial score (nSPS) is 24.0. The summed E-state index contributed by atoms with van der Waals surface area (Å²) >= 11 is 2.10. The maximum atomic E-state index is 10.3. The molecule has 2 heterocycles. The summed E-state index contributed by atoms with van der Waals surface area (Å²) in [6.45, 7) is 5.27. The highest BCUT2D eigenvalue weighted by atomic mass is 32.2. The van der Waals surface area contributed by atoms with Crippen molar-refractivity contribution in [3.63, 3.8) is 0 Å². The molecular formula is C17H26N2OS. The Kier molecular flexibility index (Phi) is 5.58. The van der Waals surface area contributed by atoms with E-state index < -0.39 is 0 Å². The fourth-order valence-corrected chi connectivity index (χ4v) is 4.47. The van der Waals surface area contributed by atoms with Gasteiger partial charge in [-0.05, 0) is 29.9 Å². The highest BCUT2D eigenvalue weighted by molar-refractivity contribution is 7.99. The van der Waals surface area contributed by atoms with Crippen molar-refractivity contribution in [3.8, 4) is 0 Å². The van der Waals surface area contributed by atoms with Crippen molar-refractivity contribution in [2.75, 3.05) is 44.2 Å². The summed E-state index contributed by atoms with van der Waals surface area (Å²) in [4.78, 5) is 5.08. The minimum absolute atomic E-state index is 0.358. The summed E-state index contributed by atoms with van der Waals surface area (Å²) in [5, 5.41) is 10.3. The smallest absolute Gasteiger partial charge is 0.0916 e. The third-order valence-electron chi connectivity index (χ3n) is 4.73. The molecule has 1 atom stereocenters. The monoisotopic (exact) mass is 306 g/mol. The van der Waals surface area contributed by atoms with Gasteiger partial charge in [-0.1, -0.05) is 30.3 Å². The van der Waals surface area contributed by atoms with Crippen LogP contribution in [-0.4, -0.2) is 65.2 Å². The van der Waals surface area contributed by atoms with Crippen molar-refractivity contribution in [2.45, 2.75) is 25.0 Å². The Bertz CT molecular complexity index is 414. The summed E-state index contributed by atoms with van der Waals surface area (Å²) < 4.78 is 0. The molecule has 3 nitrogen and oxygen atoms in total. The van der Waals surface area contributed by atoms with Gasteiger partial charge in [0.05, 0.1) is 6.10 Å². The van der Waals surface area contributed by atoms with Crippen LogP contribution in [0.2, 0.25) is 0 Å². The van der Waals surface area contributed by atoms with E-state index in [0.717, 1.165) is 44.3 Å². The van der Waals surface area contributed by atoms with Crippen LogP contribution in [0.25, 0.3) is 0 Å². The van der Waals surface area contributed by atoms with E-state index >= 15 is 0 Å². The van der Waals surface area contributed by atoms with E-state index in [1.807, 2.05) is 30.3 Å². The number of β-amino-alcohol motifs (C(OH)–C–C–N with tert-alkyl or cyclic N) is 1. The van der Waals surface area contributed by atoms with Crippen molar-refractivity contribution >= 4 is 11.8 Å². The van der Waals surface area contributed by atoms with E-state index in [4.69, 9.17) is 0 Å². The van der Waals surface area contributed by atoms with Crippen molar-refractivity contribution in [1.29, 1.82) is 0 Å². The molecule has 2 fully saturated rings. The molecule has 116 valence electrons. The standard InChI is InChI=1S/C17H26N2OS/c20-17(15-4-2-1-3-5-15)14-18-8-10-19(11-9-18)16-6-12-21-13-7-16/h1-5,16-17,20H,6-14H2. The second-order valence-electron chi connectivity index (χ2n) is 6.11. The highest BCUT2D eigenvalue weighted by Gasteiger charge is 2.26. The van der Waals surface area contributed by atoms with Gasteiger partial charge >= 0.3 is 0 Å². The SMILES string of the molecule is OC(CN1CCN(C2CCSCC2)CC1)c1ccccc1. The van der Waals surface area contributed by atoms with Gasteiger partial charge in [-0.25, -0.2) is 0 Å². The van der Waals surface area contributed by atoms with Crippen LogP contribution in [-0.2, 0) is 0 Å². The molecule has 2 aliphatic rings. The second kappa shape index (κ2) is 7.63. The van der Waals surface area contributed by atoms with Crippen LogP contribution in [0.5, 0.6) is 0 Å². The maximum absolute atomic E-state index is 10.3. The maximum Gasteiger partial charge on any atom is 0.0916 e. The van der Waals surface area contributed by atoms with E-state index in [2.05, 4.69) is 21.6 Å². The van der Waals surface area contributed by atoms with Gasteiger partial charge in [0, 0.05) is 38.8 Å². The lowest BCUT2D eigenvalue weighted by Gasteiger charge is -2.41. The summed E-state index contributed by atoms with van der Waals surface area (Å²) in [6, 6.07) is 10.8. The Hall–Kier alpha value is -0.550. The van der Waals surface area contributed by atoms with Crippen LogP contribution in [0, 0.1) is 0 Å². The zero-order chi connectivity index (χ0) is 14.5. The van der Waals surface area contributed by atoms with Crippen molar-refractivity contribution < 1.29 is 5.11 Å². The molecule has 1 aromatic rings. The van der Waals surface area contributed by atoms with E-state index in [9.17, 15) is 5.11 Å². The molecule has 2 saturated heterocycles. The molecule has 1 N–H and O–H groups in total. The predicted molar refractivity (Wildman–Crippen MR) is 89.8 cm³/mol. The molecule has 0 spiro atoms. The quantitative estimate of drug-likeness (QED) is 0.923. The molecule has 21 heavy (non-hydrogen) atoms. The van der Waals surface area contributed by atoms with Crippen LogP contribution in [0.15, 0.2) is 30.3 Å². The Morgan fingerprint density at radius 2 is 1.71 bits per heavy atom. The zero-order valence-corrected chi connectivity index (χ0v) is 13.5. The lowest BCUT2D eigenvalue weighted by molar-refractivity contribution is 0.0541. The number of piperazine rings is 1. The van der Waals surface area contributed by atoms with Crippen LogP contribution in [0.4, 0.5) is 0 Å². The first-order chi connectivity index (χ1) is 10.3. The fourth-order valence-electron chi connectivity index (χ4n) is 3.39. The number of hydrogen-bond acceptors (Lipinski definition) is 4. The lowest BCUT2D eigenvalue weighted by atomic mass is 10.1. The first kappa shape index (κ1) is 15.3. The molecule has 0 amide bonds. The van der Waals surface area contributed by atoms with Crippen LogP contribution in [0.1, 0.15) is 24.5 Å². The van der Waals surface area contributed by atoms with Crippen LogP contribution < -0.4 is 0 Å².